The van der Waals surface area contributed by atoms with E-state index in [4.69, 9.17) is 10.00 Å². The number of ether oxygens (including phenoxy) is 1. The quantitative estimate of drug-likeness (QED) is 0.806. The normalized spacial score (nSPS) is 18.0. The van der Waals surface area contributed by atoms with E-state index in [0.29, 0.717) is 12.2 Å². The first-order chi connectivity index (χ1) is 8.78. The largest absolute Gasteiger partial charge is 0.494 e. The molecule has 2 nitrogen and oxygen atoms in total. The third-order valence-electron chi connectivity index (χ3n) is 2.85. The van der Waals surface area contributed by atoms with Crippen molar-refractivity contribution in [3.05, 3.63) is 53.9 Å². The van der Waals surface area contributed by atoms with Gasteiger partial charge in [0.2, 0.25) is 0 Å². The van der Waals surface area contributed by atoms with Gasteiger partial charge >= 0.3 is 0 Å². The monoisotopic (exact) mass is 243 g/mol. The molecule has 0 bridgehead atoms. The summed E-state index contributed by atoms with van der Waals surface area (Å²) < 4.78 is 18.5. The Morgan fingerprint density at radius 2 is 2.11 bits per heavy atom. The molecule has 1 atom stereocenters. The second kappa shape index (κ2) is 6.02. The number of nitriles is 1. The maximum Gasteiger partial charge on any atom is 0.119 e. The van der Waals surface area contributed by atoms with Gasteiger partial charge in [-0.05, 0) is 55.2 Å². The molecule has 0 saturated carbocycles. The van der Waals surface area contributed by atoms with E-state index in [-0.39, 0.29) is 11.7 Å². The average Bonchev–Trinajstić information content (AvgIpc) is 2.40. The molecule has 1 unspecified atom stereocenters. The molecule has 0 aliphatic heterocycles. The summed E-state index contributed by atoms with van der Waals surface area (Å²) in [5.41, 5.74) is 0.616. The van der Waals surface area contributed by atoms with Gasteiger partial charge in [-0.15, -0.1) is 0 Å². The molecule has 18 heavy (non-hydrogen) atoms. The number of hydrogen-bond donors (Lipinski definition) is 0. The lowest BCUT2D eigenvalue weighted by molar-refractivity contribution is 0.290. The summed E-state index contributed by atoms with van der Waals surface area (Å²) in [5, 5.41) is 8.66. The molecule has 0 heterocycles. The molecule has 0 amide bonds. The fourth-order valence-corrected chi connectivity index (χ4v) is 1.86. The summed E-state index contributed by atoms with van der Waals surface area (Å²) in [6.45, 7) is 0.550. The maximum atomic E-state index is 13.0. The average molecular weight is 243 g/mol. The Bertz CT molecular complexity index is 496. The van der Waals surface area contributed by atoms with E-state index < -0.39 is 0 Å². The summed E-state index contributed by atoms with van der Waals surface area (Å²) in [5.74, 6) is 0.794. The Kier molecular flexibility index (Phi) is 4.14. The van der Waals surface area contributed by atoms with E-state index in [1.165, 1.54) is 6.08 Å². The zero-order valence-corrected chi connectivity index (χ0v) is 9.97. The summed E-state index contributed by atoms with van der Waals surface area (Å²) in [7, 11) is 0. The van der Waals surface area contributed by atoms with Crippen LogP contribution in [0.2, 0.25) is 0 Å². The van der Waals surface area contributed by atoms with Crippen molar-refractivity contribution in [2.45, 2.75) is 12.8 Å². The molecular weight excluding hydrogens is 229 g/mol. The minimum atomic E-state index is -0.162. The molecule has 92 valence electrons. The van der Waals surface area contributed by atoms with Gasteiger partial charge in [-0.3, -0.25) is 0 Å². The van der Waals surface area contributed by atoms with Gasteiger partial charge in [-0.25, -0.2) is 4.39 Å². The van der Waals surface area contributed by atoms with E-state index in [1.54, 1.807) is 30.3 Å². The topological polar surface area (TPSA) is 33.0 Å². The Morgan fingerprint density at radius 1 is 1.33 bits per heavy atom. The highest BCUT2D eigenvalue weighted by atomic mass is 19.1. The third kappa shape index (κ3) is 3.46. The van der Waals surface area contributed by atoms with Crippen LogP contribution in [0, 0.1) is 17.2 Å². The van der Waals surface area contributed by atoms with Gasteiger partial charge < -0.3 is 4.74 Å². The smallest absolute Gasteiger partial charge is 0.119 e. The molecule has 0 N–H and O–H groups in total. The summed E-state index contributed by atoms with van der Waals surface area (Å²) in [4.78, 5) is 0. The SMILES string of the molecule is N#Cc1ccc(OCCC2C=C(F)C=CC2)cc1. The fourth-order valence-electron chi connectivity index (χ4n) is 1.86. The van der Waals surface area contributed by atoms with E-state index in [0.717, 1.165) is 18.6 Å². The van der Waals surface area contributed by atoms with Crippen LogP contribution >= 0.6 is 0 Å². The van der Waals surface area contributed by atoms with Gasteiger partial charge in [0.05, 0.1) is 18.2 Å². The highest BCUT2D eigenvalue weighted by Gasteiger charge is 2.09. The molecule has 0 spiro atoms. The second-order valence-corrected chi connectivity index (χ2v) is 4.22. The minimum Gasteiger partial charge on any atom is -0.494 e. The van der Waals surface area contributed by atoms with E-state index in [1.807, 2.05) is 6.08 Å². The highest BCUT2D eigenvalue weighted by Crippen LogP contribution is 2.21. The van der Waals surface area contributed by atoms with Gasteiger partial charge in [0.25, 0.3) is 0 Å². The van der Waals surface area contributed by atoms with Crippen molar-refractivity contribution in [2.75, 3.05) is 6.61 Å². The Balaban J connectivity index is 1.78. The van der Waals surface area contributed by atoms with Crippen LogP contribution in [0.3, 0.4) is 0 Å². The van der Waals surface area contributed by atoms with Gasteiger partial charge in [-0.1, -0.05) is 6.08 Å². The number of halogens is 1. The number of benzene rings is 1. The van der Waals surface area contributed by atoms with Crippen LogP contribution < -0.4 is 4.74 Å². The lowest BCUT2D eigenvalue weighted by Crippen LogP contribution is -2.06. The first kappa shape index (κ1) is 12.4. The van der Waals surface area contributed by atoms with Crippen LogP contribution in [0.15, 0.2) is 48.3 Å². The molecule has 3 heteroatoms. The summed E-state index contributed by atoms with van der Waals surface area (Å²) in [6, 6.07) is 9.04. The Morgan fingerprint density at radius 3 is 2.78 bits per heavy atom. The van der Waals surface area contributed by atoms with E-state index in [9.17, 15) is 4.39 Å². The Hall–Kier alpha value is -2.08. The lowest BCUT2D eigenvalue weighted by Gasteiger charge is -2.14. The van der Waals surface area contributed by atoms with Crippen LogP contribution in [0.1, 0.15) is 18.4 Å². The van der Waals surface area contributed by atoms with Gasteiger partial charge in [0, 0.05) is 0 Å². The molecule has 1 aliphatic carbocycles. The molecule has 0 fully saturated rings. The van der Waals surface area contributed by atoms with Crippen LogP contribution in [-0.2, 0) is 0 Å². The third-order valence-corrected chi connectivity index (χ3v) is 2.85. The summed E-state index contributed by atoms with van der Waals surface area (Å²) >= 11 is 0. The van der Waals surface area contributed by atoms with Crippen molar-refractivity contribution < 1.29 is 9.13 Å². The van der Waals surface area contributed by atoms with Crippen LogP contribution in [0.25, 0.3) is 0 Å². The van der Waals surface area contributed by atoms with Crippen molar-refractivity contribution in [3.8, 4) is 11.8 Å². The molecule has 1 aliphatic rings. The molecule has 0 aromatic heterocycles. The van der Waals surface area contributed by atoms with Crippen LogP contribution in [0.5, 0.6) is 5.75 Å². The predicted molar refractivity (Wildman–Crippen MR) is 67.7 cm³/mol. The molecule has 1 aromatic carbocycles. The first-order valence-electron chi connectivity index (χ1n) is 5.95. The molecular formula is C15H14FNO. The van der Waals surface area contributed by atoms with Crippen molar-refractivity contribution >= 4 is 0 Å². The van der Waals surface area contributed by atoms with Gasteiger partial charge in [0.1, 0.15) is 11.6 Å². The molecule has 0 radical (unpaired) electrons. The lowest BCUT2D eigenvalue weighted by atomic mass is 9.97. The second-order valence-electron chi connectivity index (χ2n) is 4.22. The van der Waals surface area contributed by atoms with E-state index in [2.05, 4.69) is 6.07 Å². The Labute approximate surface area is 106 Å². The van der Waals surface area contributed by atoms with Crippen molar-refractivity contribution in [1.29, 1.82) is 5.26 Å². The van der Waals surface area contributed by atoms with Crippen molar-refractivity contribution in [2.24, 2.45) is 5.92 Å². The molecule has 1 aromatic rings. The van der Waals surface area contributed by atoms with Crippen molar-refractivity contribution in [3.63, 3.8) is 0 Å². The zero-order chi connectivity index (χ0) is 12.8. The fraction of sp³-hybridized carbons (Fsp3) is 0.267. The first-order valence-corrected chi connectivity index (χ1v) is 5.95. The summed E-state index contributed by atoms with van der Waals surface area (Å²) in [6.07, 6.45) is 6.64. The predicted octanol–water partition coefficient (Wildman–Crippen LogP) is 3.76. The minimum absolute atomic E-state index is 0.162. The van der Waals surface area contributed by atoms with Gasteiger partial charge in [0.15, 0.2) is 0 Å². The van der Waals surface area contributed by atoms with Gasteiger partial charge in [-0.2, -0.15) is 5.26 Å². The zero-order valence-electron chi connectivity index (χ0n) is 9.97. The van der Waals surface area contributed by atoms with Crippen molar-refractivity contribution in [1.82, 2.24) is 0 Å². The highest BCUT2D eigenvalue weighted by molar-refractivity contribution is 5.34. The van der Waals surface area contributed by atoms with Crippen LogP contribution in [0.4, 0.5) is 4.39 Å². The maximum absolute atomic E-state index is 13.0. The molecule has 2 rings (SSSR count). The van der Waals surface area contributed by atoms with Crippen LogP contribution in [-0.4, -0.2) is 6.61 Å². The number of hydrogen-bond acceptors (Lipinski definition) is 2. The number of rotatable bonds is 4. The van der Waals surface area contributed by atoms with E-state index >= 15 is 0 Å². The number of nitrogens with zero attached hydrogens (tertiary/aromatic N) is 1. The standard InChI is InChI=1S/C15H14FNO/c16-14-3-1-2-12(10-14)8-9-18-15-6-4-13(11-17)5-7-15/h1,3-7,10,12H,2,8-9H2. The molecule has 0 saturated heterocycles. The number of allylic oxidation sites excluding steroid dienone is 4.